The van der Waals surface area contributed by atoms with E-state index in [0.29, 0.717) is 12.3 Å². The molecule has 1 aliphatic carbocycles. The minimum Gasteiger partial charge on any atom is -0.618 e. The van der Waals surface area contributed by atoms with Crippen molar-refractivity contribution in [2.75, 3.05) is 0 Å². The van der Waals surface area contributed by atoms with Crippen molar-refractivity contribution in [2.24, 2.45) is 5.16 Å². The van der Waals surface area contributed by atoms with Crippen LogP contribution in [0, 0.1) is 17.9 Å². The Labute approximate surface area is 212 Å². The number of amides is 1. The average Bonchev–Trinajstić information content (AvgIpc) is 3.20. The number of rotatable bonds is 4. The summed E-state index contributed by atoms with van der Waals surface area (Å²) in [6.45, 7) is 1.30. The van der Waals surface area contributed by atoms with Gasteiger partial charge in [0.25, 0.3) is 17.4 Å². The number of aryl methyl sites for hydroxylation is 1. The van der Waals surface area contributed by atoms with E-state index in [2.05, 4.69) is 15.3 Å². The van der Waals surface area contributed by atoms with Gasteiger partial charge < -0.3 is 15.4 Å². The van der Waals surface area contributed by atoms with Crippen molar-refractivity contribution in [1.29, 1.82) is 0 Å². The Kier molecular flexibility index (Phi) is 6.52. The number of aromatic nitrogens is 1. The lowest BCUT2D eigenvalue weighted by molar-refractivity contribution is -0.607. The normalized spacial score (nSPS) is 21.5. The molecule has 1 amide bonds. The second-order valence-electron chi connectivity index (χ2n) is 8.96. The average molecular weight is 576 g/mol. The lowest BCUT2D eigenvalue weighted by atomic mass is 9.85. The fourth-order valence-electron chi connectivity index (χ4n) is 4.22. The lowest BCUT2D eigenvalue weighted by Crippen LogP contribution is -2.51. The molecule has 2 aliphatic rings. The van der Waals surface area contributed by atoms with Crippen LogP contribution in [-0.2, 0) is 16.6 Å². The zero-order valence-corrected chi connectivity index (χ0v) is 19.7. The van der Waals surface area contributed by atoms with Crippen molar-refractivity contribution in [3.63, 3.8) is 0 Å². The molecule has 0 spiro atoms. The number of alkyl halides is 8. The molecular formula is C22H15ClF9N3O3. The zero-order valence-electron chi connectivity index (χ0n) is 18.9. The lowest BCUT2D eigenvalue weighted by Gasteiger charge is -2.35. The van der Waals surface area contributed by atoms with Gasteiger partial charge in [-0.1, -0.05) is 16.8 Å². The summed E-state index contributed by atoms with van der Waals surface area (Å²) in [5.41, 5.74) is -8.92. The van der Waals surface area contributed by atoms with Gasteiger partial charge in [-0.25, -0.2) is 13.2 Å². The third-order valence-electron chi connectivity index (χ3n) is 6.19. The second kappa shape index (κ2) is 8.92. The Morgan fingerprint density at radius 3 is 2.37 bits per heavy atom. The Balaban J connectivity index is 1.68. The molecule has 1 atom stereocenters. The standard InChI is InChI=1S/C22H15ClF9N3O3/c1-9-2-16(35(37)8-12(9)18(36)33-11-5-19(25,26)6-11)15-7-20(38-34-15,22(30,31)32)13-3-10(23)4-14(17(13)24)21(27,28)29/h2-4,8,11H,5-7H2,1H3,(H,33,36)/t20-/m0/s1. The number of carbonyl (C=O) groups is 1. The largest absolute Gasteiger partial charge is 0.618 e. The maximum atomic E-state index is 14.8. The molecule has 16 heteroatoms. The van der Waals surface area contributed by atoms with Gasteiger partial charge in [-0.15, -0.1) is 0 Å². The van der Waals surface area contributed by atoms with E-state index < -0.39 is 88.5 Å². The number of nitrogens with zero attached hydrogens (tertiary/aromatic N) is 2. The van der Waals surface area contributed by atoms with Crippen molar-refractivity contribution < 1.29 is 53.9 Å². The molecule has 206 valence electrons. The van der Waals surface area contributed by atoms with Crippen LogP contribution in [0.25, 0.3) is 0 Å². The Morgan fingerprint density at radius 2 is 1.82 bits per heavy atom. The zero-order chi connectivity index (χ0) is 28.4. The molecule has 2 heterocycles. The molecule has 1 fully saturated rings. The van der Waals surface area contributed by atoms with E-state index in [0.717, 1.165) is 6.07 Å². The predicted molar refractivity (Wildman–Crippen MR) is 112 cm³/mol. The Morgan fingerprint density at radius 1 is 1.18 bits per heavy atom. The summed E-state index contributed by atoms with van der Waals surface area (Å²) in [5, 5.41) is 17.3. The highest BCUT2D eigenvalue weighted by Gasteiger charge is 2.64. The summed E-state index contributed by atoms with van der Waals surface area (Å²) in [4.78, 5) is 16.9. The highest BCUT2D eigenvalue weighted by atomic mass is 35.5. The molecular weight excluding hydrogens is 561 g/mol. The van der Waals surface area contributed by atoms with Gasteiger partial charge in [-0.2, -0.15) is 31.1 Å². The number of oxime groups is 1. The number of hydrogen-bond acceptors (Lipinski definition) is 4. The highest BCUT2D eigenvalue weighted by molar-refractivity contribution is 6.30. The van der Waals surface area contributed by atoms with Crippen LogP contribution in [0.2, 0.25) is 5.02 Å². The van der Waals surface area contributed by atoms with Crippen molar-refractivity contribution in [3.8, 4) is 0 Å². The van der Waals surface area contributed by atoms with Crippen LogP contribution in [-0.4, -0.2) is 29.8 Å². The molecule has 0 saturated heterocycles. The SMILES string of the molecule is Cc1cc(C2=NO[C@@](c3cc(Cl)cc(C(F)(F)F)c3F)(C(F)(F)F)C2)[n+]([O-])cc1C(=O)NC1CC(F)(F)C1. The quantitative estimate of drug-likeness (QED) is 0.295. The van der Waals surface area contributed by atoms with E-state index in [1.807, 2.05) is 0 Å². The van der Waals surface area contributed by atoms with E-state index in [1.165, 1.54) is 6.92 Å². The summed E-state index contributed by atoms with van der Waals surface area (Å²) >= 11 is 5.57. The van der Waals surface area contributed by atoms with Crippen LogP contribution in [0.15, 0.2) is 29.6 Å². The second-order valence-corrected chi connectivity index (χ2v) is 9.40. The van der Waals surface area contributed by atoms with E-state index in [9.17, 15) is 49.5 Å². The molecule has 38 heavy (non-hydrogen) atoms. The van der Waals surface area contributed by atoms with E-state index in [-0.39, 0.29) is 21.9 Å². The number of carbonyl (C=O) groups excluding carboxylic acids is 1. The van der Waals surface area contributed by atoms with Crippen LogP contribution >= 0.6 is 11.6 Å². The summed E-state index contributed by atoms with van der Waals surface area (Å²) in [6, 6.07) is 0.559. The van der Waals surface area contributed by atoms with Gasteiger partial charge in [-0.05, 0) is 24.6 Å². The predicted octanol–water partition coefficient (Wildman–Crippen LogP) is 5.55. The Bertz CT molecular complexity index is 1340. The van der Waals surface area contributed by atoms with Crippen molar-refractivity contribution in [2.45, 2.75) is 56.1 Å². The number of halogens is 10. The summed E-state index contributed by atoms with van der Waals surface area (Å²) in [6.07, 6.45) is -12.8. The third-order valence-corrected chi connectivity index (χ3v) is 6.41. The molecule has 1 N–H and O–H groups in total. The van der Waals surface area contributed by atoms with Crippen LogP contribution in [0.1, 0.15) is 52.0 Å². The highest BCUT2D eigenvalue weighted by Crippen LogP contribution is 2.51. The van der Waals surface area contributed by atoms with Gasteiger partial charge in [-0.3, -0.25) is 4.79 Å². The first-order valence-corrected chi connectivity index (χ1v) is 11.0. The molecule has 6 nitrogen and oxygen atoms in total. The molecule has 0 unspecified atom stereocenters. The van der Waals surface area contributed by atoms with Gasteiger partial charge in [0, 0.05) is 35.5 Å². The van der Waals surface area contributed by atoms with Crippen molar-refractivity contribution in [3.05, 3.63) is 68.4 Å². The van der Waals surface area contributed by atoms with Gasteiger partial charge in [0.1, 0.15) is 11.4 Å². The topological polar surface area (TPSA) is 77.6 Å². The third kappa shape index (κ3) is 4.83. The minimum atomic E-state index is -5.53. The van der Waals surface area contributed by atoms with Gasteiger partial charge in [0.2, 0.25) is 5.69 Å². The molecule has 1 aromatic carbocycles. The number of pyridine rings is 1. The van der Waals surface area contributed by atoms with E-state index >= 15 is 0 Å². The first kappa shape index (κ1) is 27.8. The molecule has 1 aromatic heterocycles. The smallest absolute Gasteiger partial charge is 0.435 e. The number of nitrogens with one attached hydrogen (secondary N) is 1. The molecule has 0 radical (unpaired) electrons. The fraction of sp³-hybridized carbons (Fsp3) is 0.409. The molecule has 2 aromatic rings. The van der Waals surface area contributed by atoms with Gasteiger partial charge >= 0.3 is 12.4 Å². The fourth-order valence-corrected chi connectivity index (χ4v) is 4.44. The number of benzene rings is 1. The van der Waals surface area contributed by atoms with Crippen molar-refractivity contribution in [1.82, 2.24) is 5.32 Å². The summed E-state index contributed by atoms with van der Waals surface area (Å²) in [7, 11) is 0. The Hall–Kier alpha value is -3.23. The molecule has 4 rings (SSSR count). The van der Waals surface area contributed by atoms with Gasteiger partial charge in [0.15, 0.2) is 11.9 Å². The van der Waals surface area contributed by atoms with Crippen LogP contribution in [0.4, 0.5) is 39.5 Å². The van der Waals surface area contributed by atoms with Gasteiger partial charge in [0.05, 0.1) is 12.0 Å². The molecule has 1 saturated carbocycles. The molecule has 1 aliphatic heterocycles. The maximum absolute atomic E-state index is 14.8. The minimum absolute atomic E-state index is 0.0381. The monoisotopic (exact) mass is 575 g/mol. The van der Waals surface area contributed by atoms with E-state index in [1.54, 1.807) is 0 Å². The summed E-state index contributed by atoms with van der Waals surface area (Å²) in [5.74, 6) is -6.09. The van der Waals surface area contributed by atoms with Crippen molar-refractivity contribution >= 4 is 23.2 Å². The maximum Gasteiger partial charge on any atom is 0.435 e. The molecule has 0 bridgehead atoms. The first-order valence-electron chi connectivity index (χ1n) is 10.7. The first-order chi connectivity index (χ1) is 17.3. The van der Waals surface area contributed by atoms with Crippen LogP contribution in [0.3, 0.4) is 0 Å². The van der Waals surface area contributed by atoms with Crippen LogP contribution < -0.4 is 10.0 Å². The van der Waals surface area contributed by atoms with Crippen LogP contribution in [0.5, 0.6) is 0 Å². The summed E-state index contributed by atoms with van der Waals surface area (Å²) < 4.78 is 123. The van der Waals surface area contributed by atoms with E-state index in [4.69, 9.17) is 11.6 Å². The number of hydrogen-bond donors (Lipinski definition) is 1.